The Balaban J connectivity index is 1.86. The molecule has 2 rings (SSSR count). The molecule has 0 bridgehead atoms. The van der Waals surface area contributed by atoms with E-state index in [1.165, 1.54) is 0 Å². The third-order valence-corrected chi connectivity index (χ3v) is 4.07. The summed E-state index contributed by atoms with van der Waals surface area (Å²) in [6, 6.07) is 7.46. The lowest BCUT2D eigenvalue weighted by Crippen LogP contribution is -2.50. The largest absolute Gasteiger partial charge is 0.494 e. The van der Waals surface area contributed by atoms with Gasteiger partial charge in [0.15, 0.2) is 6.61 Å². The molecular weight excluding hydrogens is 280 g/mol. The smallest absolute Gasteiger partial charge is 0.260 e. The molecule has 0 radical (unpaired) electrons. The number of carbonyl (C=O) groups excluding carboxylic acids is 1. The Kier molecular flexibility index (Phi) is 6.07. The summed E-state index contributed by atoms with van der Waals surface area (Å²) in [7, 11) is 0. The molecule has 2 atom stereocenters. The van der Waals surface area contributed by atoms with Gasteiger partial charge in [-0.05, 0) is 49.9 Å². The fourth-order valence-corrected chi connectivity index (χ4v) is 2.83. The van der Waals surface area contributed by atoms with Crippen molar-refractivity contribution in [3.05, 3.63) is 24.3 Å². The van der Waals surface area contributed by atoms with E-state index in [0.29, 0.717) is 24.8 Å². The molecule has 122 valence electrons. The van der Waals surface area contributed by atoms with Crippen LogP contribution in [0, 0.1) is 5.92 Å². The van der Waals surface area contributed by atoms with Gasteiger partial charge in [-0.25, -0.2) is 0 Å². The summed E-state index contributed by atoms with van der Waals surface area (Å²) >= 11 is 0. The lowest BCUT2D eigenvalue weighted by atomic mass is 9.92. The van der Waals surface area contributed by atoms with Gasteiger partial charge in [0.05, 0.1) is 6.61 Å². The molecule has 1 fully saturated rings. The molecule has 1 aliphatic heterocycles. The lowest BCUT2D eigenvalue weighted by molar-refractivity contribution is -0.137. The fraction of sp³-hybridized carbons (Fsp3) is 0.588. The first-order chi connectivity index (χ1) is 10.6. The van der Waals surface area contributed by atoms with E-state index in [4.69, 9.17) is 15.2 Å². The summed E-state index contributed by atoms with van der Waals surface area (Å²) in [4.78, 5) is 14.2. The molecule has 0 aliphatic carbocycles. The van der Waals surface area contributed by atoms with E-state index in [9.17, 15) is 4.79 Å². The number of carbonyl (C=O) groups is 1. The van der Waals surface area contributed by atoms with Crippen molar-refractivity contribution in [2.75, 3.05) is 26.3 Å². The zero-order valence-electron chi connectivity index (χ0n) is 13.5. The quantitative estimate of drug-likeness (QED) is 0.873. The molecule has 1 aromatic carbocycles. The van der Waals surface area contributed by atoms with E-state index in [2.05, 4.69) is 6.92 Å². The minimum Gasteiger partial charge on any atom is -0.494 e. The average molecular weight is 306 g/mol. The second-order valence-corrected chi connectivity index (χ2v) is 5.80. The van der Waals surface area contributed by atoms with Crippen molar-refractivity contribution in [3.8, 4) is 11.5 Å². The summed E-state index contributed by atoms with van der Waals surface area (Å²) < 4.78 is 11.0. The molecule has 2 N–H and O–H groups in total. The lowest BCUT2D eigenvalue weighted by Gasteiger charge is -2.37. The van der Waals surface area contributed by atoms with Gasteiger partial charge in [-0.1, -0.05) is 6.92 Å². The van der Waals surface area contributed by atoms with Gasteiger partial charge in [-0.2, -0.15) is 0 Å². The van der Waals surface area contributed by atoms with E-state index in [1.54, 1.807) is 0 Å². The Morgan fingerprint density at radius 3 is 2.50 bits per heavy atom. The number of benzene rings is 1. The van der Waals surface area contributed by atoms with Crippen molar-refractivity contribution in [1.82, 2.24) is 4.90 Å². The van der Waals surface area contributed by atoms with Crippen molar-refractivity contribution >= 4 is 5.91 Å². The molecule has 22 heavy (non-hydrogen) atoms. The number of amides is 1. The first-order valence-corrected chi connectivity index (χ1v) is 7.99. The summed E-state index contributed by atoms with van der Waals surface area (Å²) in [5.41, 5.74) is 5.80. The molecule has 1 heterocycles. The number of hydrogen-bond donors (Lipinski definition) is 1. The van der Waals surface area contributed by atoms with Crippen LogP contribution in [0.4, 0.5) is 0 Å². The first kappa shape index (κ1) is 16.6. The third-order valence-electron chi connectivity index (χ3n) is 4.07. The van der Waals surface area contributed by atoms with Crippen LogP contribution >= 0.6 is 0 Å². The van der Waals surface area contributed by atoms with E-state index in [1.807, 2.05) is 36.1 Å². The molecule has 0 spiro atoms. The third kappa shape index (κ3) is 4.37. The molecule has 5 heteroatoms. The standard InChI is InChI=1S/C17H26N2O3/c1-3-21-15-4-6-16(7-5-15)22-12-17(20)19-9-8-13(2)10-14(19)11-18/h4-7,13-14H,3,8-12,18H2,1-2H3. The van der Waals surface area contributed by atoms with Gasteiger partial charge in [-0.3, -0.25) is 4.79 Å². The van der Waals surface area contributed by atoms with Crippen molar-refractivity contribution in [1.29, 1.82) is 0 Å². The molecule has 0 saturated carbocycles. The van der Waals surface area contributed by atoms with E-state index in [0.717, 1.165) is 25.1 Å². The van der Waals surface area contributed by atoms with Crippen LogP contribution in [-0.2, 0) is 4.79 Å². The van der Waals surface area contributed by atoms with Crippen LogP contribution in [0.25, 0.3) is 0 Å². The Hall–Kier alpha value is -1.75. The molecule has 0 aromatic heterocycles. The van der Waals surface area contributed by atoms with Crippen molar-refractivity contribution < 1.29 is 14.3 Å². The number of rotatable bonds is 6. The maximum absolute atomic E-state index is 12.3. The van der Waals surface area contributed by atoms with Crippen LogP contribution in [0.2, 0.25) is 0 Å². The van der Waals surface area contributed by atoms with Crippen LogP contribution in [-0.4, -0.2) is 43.2 Å². The second kappa shape index (κ2) is 8.03. The van der Waals surface area contributed by atoms with Gasteiger partial charge >= 0.3 is 0 Å². The van der Waals surface area contributed by atoms with Gasteiger partial charge in [-0.15, -0.1) is 0 Å². The Morgan fingerprint density at radius 1 is 1.27 bits per heavy atom. The van der Waals surface area contributed by atoms with Crippen LogP contribution in [0.5, 0.6) is 11.5 Å². The number of ether oxygens (including phenoxy) is 2. The molecule has 1 aliphatic rings. The summed E-state index contributed by atoms with van der Waals surface area (Å²) in [6.07, 6.45) is 2.01. The highest BCUT2D eigenvalue weighted by molar-refractivity contribution is 5.78. The highest BCUT2D eigenvalue weighted by Gasteiger charge is 2.28. The summed E-state index contributed by atoms with van der Waals surface area (Å²) in [5, 5.41) is 0. The molecule has 2 unspecified atom stereocenters. The van der Waals surface area contributed by atoms with Gasteiger partial charge < -0.3 is 20.1 Å². The van der Waals surface area contributed by atoms with Crippen LogP contribution in [0.3, 0.4) is 0 Å². The highest BCUT2D eigenvalue weighted by Crippen LogP contribution is 2.22. The van der Waals surface area contributed by atoms with Gasteiger partial charge in [0, 0.05) is 19.1 Å². The monoisotopic (exact) mass is 306 g/mol. The van der Waals surface area contributed by atoms with Gasteiger partial charge in [0.25, 0.3) is 5.91 Å². The summed E-state index contributed by atoms with van der Waals surface area (Å²) in [5.74, 6) is 2.11. The van der Waals surface area contributed by atoms with E-state index in [-0.39, 0.29) is 18.6 Å². The van der Waals surface area contributed by atoms with E-state index < -0.39 is 0 Å². The van der Waals surface area contributed by atoms with Crippen molar-refractivity contribution in [3.63, 3.8) is 0 Å². The predicted octanol–water partition coefficient (Wildman–Crippen LogP) is 2.05. The zero-order chi connectivity index (χ0) is 15.9. The van der Waals surface area contributed by atoms with Crippen molar-refractivity contribution in [2.24, 2.45) is 11.7 Å². The Bertz CT molecular complexity index is 475. The molecule has 5 nitrogen and oxygen atoms in total. The zero-order valence-corrected chi connectivity index (χ0v) is 13.5. The number of likely N-dealkylation sites (tertiary alicyclic amines) is 1. The Morgan fingerprint density at radius 2 is 1.91 bits per heavy atom. The SMILES string of the molecule is CCOc1ccc(OCC(=O)N2CCC(C)CC2CN)cc1. The number of hydrogen-bond acceptors (Lipinski definition) is 4. The van der Waals surface area contributed by atoms with Crippen LogP contribution in [0.1, 0.15) is 26.7 Å². The maximum atomic E-state index is 12.3. The van der Waals surface area contributed by atoms with Gasteiger partial charge in [0.1, 0.15) is 11.5 Å². The molecular formula is C17H26N2O3. The summed E-state index contributed by atoms with van der Waals surface area (Å²) in [6.45, 7) is 6.12. The number of piperidine rings is 1. The normalized spacial score (nSPS) is 21.5. The highest BCUT2D eigenvalue weighted by atomic mass is 16.5. The van der Waals surface area contributed by atoms with Crippen LogP contribution < -0.4 is 15.2 Å². The fourth-order valence-electron chi connectivity index (χ4n) is 2.83. The minimum atomic E-state index is 0.0104. The molecule has 1 aromatic rings. The predicted molar refractivity (Wildman–Crippen MR) is 86.1 cm³/mol. The second-order valence-electron chi connectivity index (χ2n) is 5.80. The van der Waals surface area contributed by atoms with E-state index >= 15 is 0 Å². The van der Waals surface area contributed by atoms with Gasteiger partial charge in [0.2, 0.25) is 0 Å². The average Bonchev–Trinajstić information content (AvgIpc) is 2.54. The molecule has 1 saturated heterocycles. The maximum Gasteiger partial charge on any atom is 0.260 e. The van der Waals surface area contributed by atoms with Crippen LogP contribution in [0.15, 0.2) is 24.3 Å². The number of nitrogens with two attached hydrogens (primary N) is 1. The molecule has 1 amide bonds. The first-order valence-electron chi connectivity index (χ1n) is 7.99. The minimum absolute atomic E-state index is 0.0104. The topological polar surface area (TPSA) is 64.8 Å². The number of nitrogens with zero attached hydrogens (tertiary/aromatic N) is 1. The van der Waals surface area contributed by atoms with Crippen molar-refractivity contribution in [2.45, 2.75) is 32.7 Å². The Labute approximate surface area is 132 Å².